The summed E-state index contributed by atoms with van der Waals surface area (Å²) in [5.74, 6) is -2.27. The molecule has 0 fully saturated rings. The molecule has 0 heterocycles. The molecule has 5 N–H and O–H groups in total. The molecular weight excluding hydrogens is 240 g/mol. The molecule has 5 nitrogen and oxygen atoms in total. The predicted molar refractivity (Wildman–Crippen MR) is 67.5 cm³/mol. The van der Waals surface area contributed by atoms with Gasteiger partial charge in [0.15, 0.2) is 5.96 Å². The summed E-state index contributed by atoms with van der Waals surface area (Å²) in [6.45, 7) is 2.04. The zero-order valence-electron chi connectivity index (χ0n) is 9.95. The molecule has 0 saturated heterocycles. The summed E-state index contributed by atoms with van der Waals surface area (Å²) in [7, 11) is 0. The highest BCUT2D eigenvalue weighted by molar-refractivity contribution is 6.01. The Morgan fingerprint density at radius 1 is 1.33 bits per heavy atom. The van der Waals surface area contributed by atoms with E-state index in [1.165, 1.54) is 6.07 Å². The third-order valence-electron chi connectivity index (χ3n) is 2.15. The van der Waals surface area contributed by atoms with Gasteiger partial charge in [0.2, 0.25) is 5.96 Å². The maximum Gasteiger partial charge on any atom is 0.225 e. The smallest absolute Gasteiger partial charge is 0.225 e. The first-order valence-electron chi connectivity index (χ1n) is 5.37. The predicted octanol–water partition coefficient (Wildman–Crippen LogP) is 1.39. The SMILES string of the molecule is CCCN(C(=N)N=C(N)N)c1c(F)cccc1F. The number of hydrogen-bond donors (Lipinski definition) is 3. The van der Waals surface area contributed by atoms with Crippen LogP contribution in [-0.2, 0) is 0 Å². The van der Waals surface area contributed by atoms with Crippen molar-refractivity contribution < 1.29 is 8.78 Å². The highest BCUT2D eigenvalue weighted by atomic mass is 19.1. The van der Waals surface area contributed by atoms with E-state index in [9.17, 15) is 8.78 Å². The van der Waals surface area contributed by atoms with Crippen LogP contribution in [0.4, 0.5) is 14.5 Å². The molecule has 0 atom stereocenters. The molecule has 1 rings (SSSR count). The average Bonchev–Trinajstić information content (AvgIpc) is 2.26. The largest absolute Gasteiger partial charge is 0.370 e. The molecule has 0 aromatic heterocycles. The van der Waals surface area contributed by atoms with E-state index in [4.69, 9.17) is 16.9 Å². The Kier molecular flexibility index (Phi) is 4.59. The van der Waals surface area contributed by atoms with E-state index in [1.807, 2.05) is 6.92 Å². The minimum Gasteiger partial charge on any atom is -0.370 e. The van der Waals surface area contributed by atoms with Gasteiger partial charge in [0, 0.05) is 6.54 Å². The van der Waals surface area contributed by atoms with Crippen LogP contribution in [0.5, 0.6) is 0 Å². The summed E-state index contributed by atoms with van der Waals surface area (Å²) in [6.07, 6.45) is 0.580. The maximum atomic E-state index is 13.6. The van der Waals surface area contributed by atoms with Gasteiger partial charge >= 0.3 is 0 Å². The maximum absolute atomic E-state index is 13.6. The van der Waals surface area contributed by atoms with Crippen LogP contribution in [0, 0.1) is 17.0 Å². The van der Waals surface area contributed by atoms with Gasteiger partial charge in [-0.15, -0.1) is 0 Å². The van der Waals surface area contributed by atoms with E-state index >= 15 is 0 Å². The number of nitrogens with one attached hydrogen (secondary N) is 1. The first-order valence-corrected chi connectivity index (χ1v) is 5.37. The number of nitrogens with zero attached hydrogens (tertiary/aromatic N) is 2. The van der Waals surface area contributed by atoms with Crippen LogP contribution in [0.15, 0.2) is 23.2 Å². The molecule has 0 bridgehead atoms. The van der Waals surface area contributed by atoms with Gasteiger partial charge in [0.05, 0.1) is 0 Å². The van der Waals surface area contributed by atoms with Crippen LogP contribution in [0.1, 0.15) is 13.3 Å². The molecule has 0 saturated carbocycles. The number of anilines is 1. The molecule has 18 heavy (non-hydrogen) atoms. The van der Waals surface area contributed by atoms with E-state index in [0.29, 0.717) is 6.42 Å². The summed E-state index contributed by atoms with van der Waals surface area (Å²) >= 11 is 0. The molecule has 0 spiro atoms. The lowest BCUT2D eigenvalue weighted by Gasteiger charge is -2.23. The van der Waals surface area contributed by atoms with E-state index < -0.39 is 17.6 Å². The van der Waals surface area contributed by atoms with Crippen molar-refractivity contribution in [2.45, 2.75) is 13.3 Å². The first-order chi connectivity index (χ1) is 8.47. The van der Waals surface area contributed by atoms with Crippen LogP contribution < -0.4 is 16.4 Å². The number of rotatable bonds is 3. The molecule has 1 aromatic carbocycles. The number of halogens is 2. The highest BCUT2D eigenvalue weighted by Crippen LogP contribution is 2.23. The van der Waals surface area contributed by atoms with Crippen molar-refractivity contribution in [3.05, 3.63) is 29.8 Å². The van der Waals surface area contributed by atoms with Crippen LogP contribution in [0.25, 0.3) is 0 Å². The molecule has 0 radical (unpaired) electrons. The van der Waals surface area contributed by atoms with E-state index in [-0.39, 0.29) is 18.2 Å². The Balaban J connectivity index is 3.20. The first kappa shape index (κ1) is 13.9. The van der Waals surface area contributed by atoms with Gasteiger partial charge in [-0.1, -0.05) is 13.0 Å². The molecule has 0 aliphatic rings. The van der Waals surface area contributed by atoms with Crippen molar-refractivity contribution in [2.24, 2.45) is 16.5 Å². The monoisotopic (exact) mass is 255 g/mol. The summed E-state index contributed by atoms with van der Waals surface area (Å²) in [4.78, 5) is 4.59. The van der Waals surface area contributed by atoms with Crippen LogP contribution in [0.2, 0.25) is 0 Å². The minimum absolute atomic E-state index is 0.230. The standard InChI is InChI=1S/C11H15F2N5/c1-2-6-18(11(16)17-10(14)15)9-7(12)4-3-5-8(9)13/h3-5H,2,6H2,1H3,(H5,14,15,16,17). The fourth-order valence-corrected chi connectivity index (χ4v) is 1.48. The summed E-state index contributed by atoms with van der Waals surface area (Å²) < 4.78 is 27.3. The second kappa shape index (κ2) is 5.95. The molecular formula is C11H15F2N5. The third kappa shape index (κ3) is 3.16. The van der Waals surface area contributed by atoms with Gasteiger partial charge in [-0.2, -0.15) is 4.99 Å². The number of hydrogen-bond acceptors (Lipinski definition) is 1. The molecule has 0 amide bonds. The Bertz CT molecular complexity index is 448. The fraction of sp³-hybridized carbons (Fsp3) is 0.273. The van der Waals surface area contributed by atoms with Crippen molar-refractivity contribution in [1.82, 2.24) is 0 Å². The van der Waals surface area contributed by atoms with Gasteiger partial charge in [0.1, 0.15) is 17.3 Å². The lowest BCUT2D eigenvalue weighted by atomic mass is 10.2. The molecule has 0 aliphatic carbocycles. The summed E-state index contributed by atoms with van der Waals surface area (Å²) in [5, 5.41) is 7.66. The molecule has 98 valence electrons. The summed E-state index contributed by atoms with van der Waals surface area (Å²) in [6, 6.07) is 3.48. The van der Waals surface area contributed by atoms with Crippen molar-refractivity contribution in [2.75, 3.05) is 11.4 Å². The van der Waals surface area contributed by atoms with Gasteiger partial charge in [-0.25, -0.2) is 8.78 Å². The topological polar surface area (TPSA) is 91.5 Å². The van der Waals surface area contributed by atoms with Crippen LogP contribution in [0.3, 0.4) is 0 Å². The van der Waals surface area contributed by atoms with Gasteiger partial charge in [-0.3, -0.25) is 5.41 Å². The quantitative estimate of drug-likeness (QED) is 0.563. The second-order valence-corrected chi connectivity index (χ2v) is 3.58. The number of nitrogens with two attached hydrogens (primary N) is 2. The van der Waals surface area contributed by atoms with Gasteiger partial charge in [-0.05, 0) is 18.6 Å². The zero-order valence-corrected chi connectivity index (χ0v) is 9.95. The normalized spacial score (nSPS) is 9.94. The average molecular weight is 255 g/mol. The second-order valence-electron chi connectivity index (χ2n) is 3.58. The molecule has 0 unspecified atom stereocenters. The minimum atomic E-state index is -0.765. The Morgan fingerprint density at radius 2 is 1.89 bits per heavy atom. The van der Waals surface area contributed by atoms with E-state index in [1.54, 1.807) is 0 Å². The van der Waals surface area contributed by atoms with Crippen molar-refractivity contribution in [1.29, 1.82) is 5.41 Å². The van der Waals surface area contributed by atoms with Crippen LogP contribution >= 0.6 is 0 Å². The Hall–Kier alpha value is -2.18. The molecule has 1 aromatic rings. The van der Waals surface area contributed by atoms with Crippen molar-refractivity contribution >= 4 is 17.6 Å². The lowest BCUT2D eigenvalue weighted by Crippen LogP contribution is -2.34. The number of guanidine groups is 2. The molecule has 0 aliphatic heterocycles. The van der Waals surface area contributed by atoms with E-state index in [0.717, 1.165) is 17.0 Å². The molecule has 7 heteroatoms. The van der Waals surface area contributed by atoms with Crippen molar-refractivity contribution in [3.8, 4) is 0 Å². The van der Waals surface area contributed by atoms with Gasteiger partial charge in [0.25, 0.3) is 0 Å². The van der Waals surface area contributed by atoms with E-state index in [2.05, 4.69) is 4.99 Å². The summed E-state index contributed by atoms with van der Waals surface area (Å²) in [5.41, 5.74) is 9.98. The third-order valence-corrected chi connectivity index (χ3v) is 2.15. The Labute approximate surface area is 104 Å². The number of para-hydroxylation sites is 1. The van der Waals surface area contributed by atoms with Crippen molar-refractivity contribution in [3.63, 3.8) is 0 Å². The zero-order chi connectivity index (χ0) is 13.7. The highest BCUT2D eigenvalue weighted by Gasteiger charge is 2.19. The van der Waals surface area contributed by atoms with Gasteiger partial charge < -0.3 is 16.4 Å². The lowest BCUT2D eigenvalue weighted by molar-refractivity contribution is 0.580. The fourth-order valence-electron chi connectivity index (χ4n) is 1.48. The Morgan fingerprint density at radius 3 is 2.33 bits per heavy atom. The number of aliphatic imine (C=N–C) groups is 1. The number of benzene rings is 1. The van der Waals surface area contributed by atoms with Crippen LogP contribution in [-0.4, -0.2) is 18.5 Å².